The normalized spacial score (nSPS) is 12.0. The lowest BCUT2D eigenvalue weighted by molar-refractivity contribution is 0.415. The Morgan fingerprint density at radius 1 is 0.338 bits per heavy atom. The third kappa shape index (κ3) is 8.52. The minimum atomic E-state index is 0.830. The number of methoxy groups -OCH3 is 1. The highest BCUT2D eigenvalue weighted by atomic mass is 32.1. The SMILES string of the molecule is COc1ccc(/C(=C(/c2ccccc2)c2ccc(-c3sc(-c4ccc(C(=C(c5ccc(C)cc5)c5ccc(C)cc5)c5ccccc5)cc4)c4c3N=S=N4)cc2)c2ccc(C)cc2)cc1. The van der Waals surface area contributed by atoms with Crippen molar-refractivity contribution in [3.63, 3.8) is 0 Å². The van der Waals surface area contributed by atoms with Crippen molar-refractivity contribution in [1.29, 1.82) is 0 Å². The maximum absolute atomic E-state index is 5.56. The van der Waals surface area contributed by atoms with Crippen LogP contribution >= 0.6 is 11.3 Å². The third-order valence-corrected chi connectivity index (χ3v) is 13.8. The molecule has 8 aromatic carbocycles. The highest BCUT2D eigenvalue weighted by Crippen LogP contribution is 2.54. The lowest BCUT2D eigenvalue weighted by Crippen LogP contribution is -1.98. The molecular weight excluding hydrogens is 829 g/mol. The number of rotatable bonds is 11. The van der Waals surface area contributed by atoms with E-state index in [1.807, 2.05) is 12.1 Å². The predicted octanol–water partition coefficient (Wildman–Crippen LogP) is 16.8. The van der Waals surface area contributed by atoms with Crippen LogP contribution in [0.4, 0.5) is 11.4 Å². The van der Waals surface area contributed by atoms with Gasteiger partial charge < -0.3 is 4.74 Å². The summed E-state index contributed by atoms with van der Waals surface area (Å²) in [6.07, 6.45) is 0. The van der Waals surface area contributed by atoms with E-state index in [0.29, 0.717) is 0 Å². The Balaban J connectivity index is 1.06. The van der Waals surface area contributed by atoms with Gasteiger partial charge in [0.25, 0.3) is 0 Å². The molecule has 0 radical (unpaired) electrons. The fraction of sp³-hybridized carbons (Fsp3) is 0.0667. The van der Waals surface area contributed by atoms with E-state index in [1.54, 1.807) is 18.4 Å². The monoisotopic (exact) mass is 874 g/mol. The number of hydrogen-bond acceptors (Lipinski definition) is 4. The highest BCUT2D eigenvalue weighted by Gasteiger charge is 2.24. The van der Waals surface area contributed by atoms with Crippen molar-refractivity contribution in [3.8, 4) is 26.6 Å². The molecule has 65 heavy (non-hydrogen) atoms. The summed E-state index contributed by atoms with van der Waals surface area (Å²) >= 11 is 3.03. The van der Waals surface area contributed by atoms with E-state index in [1.165, 1.54) is 55.9 Å². The van der Waals surface area contributed by atoms with Gasteiger partial charge in [0.15, 0.2) is 0 Å². The van der Waals surface area contributed by atoms with E-state index in [4.69, 9.17) is 13.5 Å². The molecule has 0 saturated carbocycles. The summed E-state index contributed by atoms with van der Waals surface area (Å²) in [6, 6.07) is 74.5. The molecule has 9 aromatic rings. The Morgan fingerprint density at radius 3 is 0.923 bits per heavy atom. The zero-order chi connectivity index (χ0) is 44.3. The minimum absolute atomic E-state index is 0.830. The smallest absolute Gasteiger partial charge is 0.124 e. The predicted molar refractivity (Wildman–Crippen MR) is 276 cm³/mol. The first-order valence-corrected chi connectivity index (χ1v) is 23.4. The quantitative estimate of drug-likeness (QED) is 0.119. The van der Waals surface area contributed by atoms with Crippen LogP contribution in [-0.4, -0.2) is 7.11 Å². The molecule has 0 N–H and O–H groups in total. The van der Waals surface area contributed by atoms with Crippen molar-refractivity contribution in [1.82, 2.24) is 0 Å². The molecule has 0 saturated heterocycles. The zero-order valence-corrected chi connectivity index (χ0v) is 38.4. The summed E-state index contributed by atoms with van der Waals surface area (Å²) in [5, 5.41) is 0. The number of ether oxygens (including phenoxy) is 1. The highest BCUT2D eigenvalue weighted by molar-refractivity contribution is 7.58. The zero-order valence-electron chi connectivity index (χ0n) is 36.7. The van der Waals surface area contributed by atoms with Gasteiger partial charge in [-0.1, -0.05) is 211 Å². The number of nitrogens with zero attached hydrogens (tertiary/aromatic N) is 2. The lowest BCUT2D eigenvalue weighted by atomic mass is 9.85. The van der Waals surface area contributed by atoms with Crippen molar-refractivity contribution in [2.24, 2.45) is 8.73 Å². The second-order valence-corrected chi connectivity index (χ2v) is 18.0. The molecular formula is C60H46N2OS2. The summed E-state index contributed by atoms with van der Waals surface area (Å²) in [5.41, 5.74) is 21.8. The van der Waals surface area contributed by atoms with Gasteiger partial charge in [-0.2, -0.15) is 8.73 Å². The van der Waals surface area contributed by atoms with Crippen molar-refractivity contribution in [2.75, 3.05) is 7.11 Å². The second kappa shape index (κ2) is 18.3. The Labute approximate surface area is 389 Å². The number of benzene rings is 8. The fourth-order valence-corrected chi connectivity index (χ4v) is 10.5. The molecule has 1 aromatic heterocycles. The van der Waals surface area contributed by atoms with Crippen molar-refractivity contribution in [3.05, 3.63) is 267 Å². The van der Waals surface area contributed by atoms with Crippen LogP contribution in [0.3, 0.4) is 0 Å². The molecule has 0 spiro atoms. The van der Waals surface area contributed by atoms with Crippen LogP contribution in [0.5, 0.6) is 5.75 Å². The summed E-state index contributed by atoms with van der Waals surface area (Å²) < 4.78 is 15.3. The molecule has 0 bridgehead atoms. The molecule has 0 fully saturated rings. The summed E-state index contributed by atoms with van der Waals surface area (Å²) in [6.45, 7) is 6.41. The molecule has 2 heterocycles. The third-order valence-electron chi connectivity index (χ3n) is 12.0. The first-order chi connectivity index (χ1) is 31.9. The largest absolute Gasteiger partial charge is 0.497 e. The van der Waals surface area contributed by atoms with Crippen molar-refractivity contribution < 1.29 is 4.74 Å². The maximum Gasteiger partial charge on any atom is 0.124 e. The van der Waals surface area contributed by atoms with Gasteiger partial charge in [-0.05, 0) is 111 Å². The topological polar surface area (TPSA) is 34.0 Å². The molecule has 10 rings (SSSR count). The molecule has 0 atom stereocenters. The standard InChI is InChI=1S/C60H46N2OS2/c1-39-15-21-44(22-16-39)55(45-23-17-40(2)18-24-45)53(42-11-7-5-8-12-42)47-27-31-50(32-28-47)59-57-58(62-65-61-57)60(64-59)51-33-29-48(30-34-51)54(43-13-9-6-10-14-43)56(46-25-19-41(3)20-26-46)49-35-37-52(63-4)38-36-49/h5-38H,1-4H3/b56-54-. The second-order valence-electron chi connectivity index (χ2n) is 16.4. The molecule has 0 unspecified atom stereocenters. The van der Waals surface area contributed by atoms with Crippen LogP contribution in [0.1, 0.15) is 61.2 Å². The van der Waals surface area contributed by atoms with E-state index < -0.39 is 0 Å². The van der Waals surface area contributed by atoms with E-state index >= 15 is 0 Å². The summed E-state index contributed by atoms with van der Waals surface area (Å²) in [5.74, 6) is 0.830. The van der Waals surface area contributed by atoms with E-state index in [2.05, 4.69) is 215 Å². The van der Waals surface area contributed by atoms with Crippen LogP contribution in [0.25, 0.3) is 43.2 Å². The Hall–Kier alpha value is -7.44. The van der Waals surface area contributed by atoms with E-state index in [-0.39, 0.29) is 0 Å². The number of thiophene rings is 1. The fourth-order valence-electron chi connectivity index (χ4n) is 8.60. The Kier molecular flexibility index (Phi) is 11.7. The van der Waals surface area contributed by atoms with E-state index in [0.717, 1.165) is 77.0 Å². The number of aryl methyl sites for hydroxylation is 3. The van der Waals surface area contributed by atoms with Crippen LogP contribution in [0, 0.1) is 20.8 Å². The molecule has 314 valence electrons. The molecule has 0 amide bonds. The molecule has 1 aliphatic rings. The van der Waals surface area contributed by atoms with Gasteiger partial charge in [-0.3, -0.25) is 0 Å². The van der Waals surface area contributed by atoms with Gasteiger partial charge in [0, 0.05) is 0 Å². The first-order valence-electron chi connectivity index (χ1n) is 21.8. The number of fused-ring (bicyclic) bond motifs is 1. The molecule has 5 heteroatoms. The van der Waals surface area contributed by atoms with Gasteiger partial charge in [-0.15, -0.1) is 11.3 Å². The van der Waals surface area contributed by atoms with Crippen LogP contribution in [0.15, 0.2) is 215 Å². The minimum Gasteiger partial charge on any atom is -0.497 e. The summed E-state index contributed by atoms with van der Waals surface area (Å²) in [7, 11) is 1.71. The van der Waals surface area contributed by atoms with Crippen LogP contribution < -0.4 is 4.74 Å². The van der Waals surface area contributed by atoms with Crippen LogP contribution in [0.2, 0.25) is 0 Å². The lowest BCUT2D eigenvalue weighted by Gasteiger charge is -2.19. The van der Waals surface area contributed by atoms with Gasteiger partial charge >= 0.3 is 0 Å². The van der Waals surface area contributed by atoms with Gasteiger partial charge in [0.1, 0.15) is 17.1 Å². The molecule has 0 aliphatic carbocycles. The molecule has 1 aliphatic heterocycles. The van der Waals surface area contributed by atoms with Gasteiger partial charge in [0.2, 0.25) is 0 Å². The van der Waals surface area contributed by atoms with Crippen molar-refractivity contribution >= 4 is 56.4 Å². The summed E-state index contributed by atoms with van der Waals surface area (Å²) in [4.78, 5) is 2.23. The molecule has 3 nitrogen and oxygen atoms in total. The Bertz CT molecular complexity index is 3220. The number of hydrogen-bond donors (Lipinski definition) is 0. The van der Waals surface area contributed by atoms with E-state index in [9.17, 15) is 0 Å². The van der Waals surface area contributed by atoms with Gasteiger partial charge in [-0.25, -0.2) is 0 Å². The average Bonchev–Trinajstić information content (AvgIpc) is 3.98. The maximum atomic E-state index is 5.56. The van der Waals surface area contributed by atoms with Gasteiger partial charge in [0.05, 0.1) is 28.2 Å². The van der Waals surface area contributed by atoms with Crippen molar-refractivity contribution in [2.45, 2.75) is 20.8 Å². The average molecular weight is 875 g/mol. The van der Waals surface area contributed by atoms with Crippen LogP contribution in [-0.2, 0) is 11.4 Å². The first kappa shape index (κ1) is 41.6. The Morgan fingerprint density at radius 2 is 0.615 bits per heavy atom.